The topological polar surface area (TPSA) is 37.4 Å². The van der Waals surface area contributed by atoms with Crippen molar-refractivity contribution in [2.75, 3.05) is 4.31 Å². The second-order valence-corrected chi connectivity index (χ2v) is 7.87. The molecule has 7 heteroatoms. The molecule has 134 valence electrons. The molecule has 0 bridgehead atoms. The van der Waals surface area contributed by atoms with Crippen LogP contribution in [-0.4, -0.2) is 8.42 Å². The Bertz CT molecular complexity index is 1020. The molecule has 0 N–H and O–H groups in total. The van der Waals surface area contributed by atoms with Gasteiger partial charge in [0.2, 0.25) is 0 Å². The molecule has 0 saturated heterocycles. The number of hydrogen-bond acceptors (Lipinski definition) is 2. The monoisotopic (exact) mass is 393 g/mol. The normalized spacial score (nSPS) is 11.3. The first kappa shape index (κ1) is 18.4. The molecule has 0 atom stereocenters. The minimum absolute atomic E-state index is 0.0738. The van der Waals surface area contributed by atoms with Gasteiger partial charge in [-0.2, -0.15) is 0 Å². The third-order valence-corrected chi connectivity index (χ3v) is 5.74. The average Bonchev–Trinajstić information content (AvgIpc) is 2.60. The molecular formula is C19H14ClF2NO2S. The van der Waals surface area contributed by atoms with E-state index in [2.05, 4.69) is 0 Å². The zero-order valence-electron chi connectivity index (χ0n) is 13.4. The van der Waals surface area contributed by atoms with E-state index in [0.717, 1.165) is 16.4 Å². The Kier molecular flexibility index (Phi) is 5.25. The van der Waals surface area contributed by atoms with Crippen LogP contribution in [0.1, 0.15) is 5.56 Å². The summed E-state index contributed by atoms with van der Waals surface area (Å²) in [5, 5.41) is 0.362. The molecule has 0 fully saturated rings. The lowest BCUT2D eigenvalue weighted by Crippen LogP contribution is -2.30. The SMILES string of the molecule is O=S(=O)(c1ccc(F)cc1)N(Cc1cccc(F)c1)c1cccc(Cl)c1. The molecule has 0 saturated carbocycles. The van der Waals surface area contributed by atoms with E-state index in [4.69, 9.17) is 11.6 Å². The maximum Gasteiger partial charge on any atom is 0.264 e. The summed E-state index contributed by atoms with van der Waals surface area (Å²) in [7, 11) is -4.01. The number of rotatable bonds is 5. The standard InChI is InChI=1S/C19H14ClF2NO2S/c20-15-4-2-6-18(12-15)23(13-14-3-1-5-17(22)11-14)26(24,25)19-9-7-16(21)8-10-19/h1-12H,13H2. The molecule has 0 unspecified atom stereocenters. The van der Waals surface area contributed by atoms with E-state index in [1.54, 1.807) is 24.3 Å². The largest absolute Gasteiger partial charge is 0.264 e. The van der Waals surface area contributed by atoms with E-state index in [9.17, 15) is 17.2 Å². The van der Waals surface area contributed by atoms with Gasteiger partial charge in [-0.15, -0.1) is 0 Å². The van der Waals surface area contributed by atoms with Crippen molar-refractivity contribution < 1.29 is 17.2 Å². The number of nitrogens with zero attached hydrogens (tertiary/aromatic N) is 1. The molecule has 3 nitrogen and oxygen atoms in total. The molecule has 0 amide bonds. The summed E-state index contributed by atoms with van der Waals surface area (Å²) in [4.78, 5) is -0.0738. The molecule has 26 heavy (non-hydrogen) atoms. The summed E-state index contributed by atoms with van der Waals surface area (Å²) in [6, 6.07) is 16.5. The van der Waals surface area contributed by atoms with E-state index in [0.29, 0.717) is 16.3 Å². The van der Waals surface area contributed by atoms with Gasteiger partial charge in [0.25, 0.3) is 10.0 Å². The van der Waals surface area contributed by atoms with Crippen LogP contribution in [0.3, 0.4) is 0 Å². The average molecular weight is 394 g/mol. The number of hydrogen-bond donors (Lipinski definition) is 0. The van der Waals surface area contributed by atoms with E-state index in [1.807, 2.05) is 0 Å². The molecular weight excluding hydrogens is 380 g/mol. The maximum atomic E-state index is 13.5. The predicted octanol–water partition coefficient (Wildman–Crippen LogP) is 5.01. The Morgan fingerprint density at radius 3 is 2.19 bits per heavy atom. The molecule has 0 aliphatic heterocycles. The van der Waals surface area contributed by atoms with Gasteiger partial charge >= 0.3 is 0 Å². The van der Waals surface area contributed by atoms with Crippen molar-refractivity contribution in [3.8, 4) is 0 Å². The highest BCUT2D eigenvalue weighted by Gasteiger charge is 2.25. The third-order valence-electron chi connectivity index (χ3n) is 3.71. The summed E-state index contributed by atoms with van der Waals surface area (Å²) in [5.41, 5.74) is 0.793. The van der Waals surface area contributed by atoms with Gasteiger partial charge in [-0.25, -0.2) is 17.2 Å². The van der Waals surface area contributed by atoms with Crippen molar-refractivity contribution in [1.82, 2.24) is 0 Å². The lowest BCUT2D eigenvalue weighted by atomic mass is 10.2. The van der Waals surface area contributed by atoms with Crippen LogP contribution < -0.4 is 4.31 Å². The van der Waals surface area contributed by atoms with E-state index in [-0.39, 0.29) is 11.4 Å². The number of anilines is 1. The smallest absolute Gasteiger partial charge is 0.262 e. The van der Waals surface area contributed by atoms with Crippen molar-refractivity contribution in [3.05, 3.63) is 95.0 Å². The van der Waals surface area contributed by atoms with Crippen molar-refractivity contribution in [2.24, 2.45) is 0 Å². The minimum Gasteiger partial charge on any atom is -0.262 e. The molecule has 0 heterocycles. The summed E-state index contributed by atoms with van der Waals surface area (Å²) in [5.74, 6) is -1.00. The highest BCUT2D eigenvalue weighted by atomic mass is 35.5. The summed E-state index contributed by atoms with van der Waals surface area (Å²) < 4.78 is 54.0. The first-order chi connectivity index (χ1) is 12.4. The van der Waals surface area contributed by atoms with Crippen molar-refractivity contribution in [3.63, 3.8) is 0 Å². The van der Waals surface area contributed by atoms with Crippen LogP contribution in [0.4, 0.5) is 14.5 Å². The van der Waals surface area contributed by atoms with E-state index < -0.39 is 21.7 Å². The summed E-state index contributed by atoms with van der Waals surface area (Å²) in [6.45, 7) is -0.0994. The van der Waals surface area contributed by atoms with Crippen molar-refractivity contribution in [2.45, 2.75) is 11.4 Å². The summed E-state index contributed by atoms with van der Waals surface area (Å²) in [6.07, 6.45) is 0. The number of benzene rings is 3. The molecule has 3 rings (SSSR count). The zero-order chi connectivity index (χ0) is 18.7. The van der Waals surface area contributed by atoms with Gasteiger partial charge in [0.05, 0.1) is 17.1 Å². The van der Waals surface area contributed by atoms with Crippen LogP contribution in [0.15, 0.2) is 77.7 Å². The van der Waals surface area contributed by atoms with Gasteiger partial charge in [0.15, 0.2) is 0 Å². The van der Waals surface area contributed by atoms with Crippen LogP contribution in [0, 0.1) is 11.6 Å². The van der Waals surface area contributed by atoms with Crippen LogP contribution in [-0.2, 0) is 16.6 Å². The van der Waals surface area contributed by atoms with E-state index >= 15 is 0 Å². The molecule has 0 aliphatic carbocycles. The molecule has 0 aromatic heterocycles. The lowest BCUT2D eigenvalue weighted by Gasteiger charge is -2.25. The van der Waals surface area contributed by atoms with Gasteiger partial charge in [-0.1, -0.05) is 29.8 Å². The minimum atomic E-state index is -4.01. The predicted molar refractivity (Wildman–Crippen MR) is 97.6 cm³/mol. The Morgan fingerprint density at radius 2 is 1.54 bits per heavy atom. The summed E-state index contributed by atoms with van der Waals surface area (Å²) >= 11 is 6.00. The second kappa shape index (κ2) is 7.43. The van der Waals surface area contributed by atoms with Gasteiger partial charge in [0.1, 0.15) is 11.6 Å². The van der Waals surface area contributed by atoms with Gasteiger partial charge < -0.3 is 0 Å². The van der Waals surface area contributed by atoms with Crippen LogP contribution in [0.2, 0.25) is 5.02 Å². The van der Waals surface area contributed by atoms with Crippen LogP contribution in [0.25, 0.3) is 0 Å². The van der Waals surface area contributed by atoms with Gasteiger partial charge in [-0.05, 0) is 60.2 Å². The van der Waals surface area contributed by atoms with Crippen molar-refractivity contribution in [1.29, 1.82) is 0 Å². The van der Waals surface area contributed by atoms with Crippen molar-refractivity contribution >= 4 is 27.3 Å². The fraction of sp³-hybridized carbons (Fsp3) is 0.0526. The second-order valence-electron chi connectivity index (χ2n) is 5.58. The molecule has 3 aromatic carbocycles. The Hall–Kier alpha value is -2.44. The third kappa shape index (κ3) is 4.03. The fourth-order valence-electron chi connectivity index (χ4n) is 2.48. The zero-order valence-corrected chi connectivity index (χ0v) is 15.0. The highest BCUT2D eigenvalue weighted by molar-refractivity contribution is 7.92. The van der Waals surface area contributed by atoms with Gasteiger partial charge in [0, 0.05) is 5.02 Å². The highest BCUT2D eigenvalue weighted by Crippen LogP contribution is 2.28. The molecule has 0 radical (unpaired) electrons. The number of sulfonamides is 1. The first-order valence-corrected chi connectivity index (χ1v) is 9.46. The van der Waals surface area contributed by atoms with Crippen LogP contribution in [0.5, 0.6) is 0 Å². The Balaban J connectivity index is 2.09. The lowest BCUT2D eigenvalue weighted by molar-refractivity contribution is 0.588. The molecule has 3 aromatic rings. The quantitative estimate of drug-likeness (QED) is 0.610. The van der Waals surface area contributed by atoms with Gasteiger partial charge in [-0.3, -0.25) is 4.31 Å². The molecule has 0 spiro atoms. The van der Waals surface area contributed by atoms with Crippen LogP contribution >= 0.6 is 11.6 Å². The first-order valence-electron chi connectivity index (χ1n) is 7.64. The molecule has 0 aliphatic rings. The number of halogens is 3. The fourth-order valence-corrected chi connectivity index (χ4v) is 4.11. The Morgan fingerprint density at radius 1 is 0.846 bits per heavy atom. The van der Waals surface area contributed by atoms with E-state index in [1.165, 1.54) is 36.4 Å². The maximum absolute atomic E-state index is 13.5. The Labute approximate surface area is 155 Å².